The Balaban J connectivity index is 1.52. The molecule has 0 saturated heterocycles. The van der Waals surface area contributed by atoms with Crippen molar-refractivity contribution < 1.29 is 4.79 Å². The third-order valence-corrected chi connectivity index (χ3v) is 5.63. The highest BCUT2D eigenvalue weighted by Gasteiger charge is 2.20. The van der Waals surface area contributed by atoms with Gasteiger partial charge in [-0.1, -0.05) is 72.8 Å². The van der Waals surface area contributed by atoms with Gasteiger partial charge in [0, 0.05) is 34.0 Å². The zero-order chi connectivity index (χ0) is 23.2. The van der Waals surface area contributed by atoms with Gasteiger partial charge in [0.2, 0.25) is 0 Å². The fourth-order valence-electron chi connectivity index (χ4n) is 4.02. The average molecular weight is 441 g/mol. The molecule has 3 nitrogen and oxygen atoms in total. The van der Waals surface area contributed by atoms with Crippen LogP contribution in [-0.2, 0) is 0 Å². The van der Waals surface area contributed by atoms with E-state index >= 15 is 0 Å². The molecule has 0 aliphatic heterocycles. The molecule has 1 amide bonds. The molecule has 5 rings (SSSR count). The van der Waals surface area contributed by atoms with Gasteiger partial charge in [0.15, 0.2) is 0 Å². The van der Waals surface area contributed by atoms with E-state index in [1.807, 2.05) is 121 Å². The van der Waals surface area contributed by atoms with Crippen LogP contribution < -0.4 is 9.80 Å². The summed E-state index contributed by atoms with van der Waals surface area (Å²) in [5.41, 5.74) is 5.39. The van der Waals surface area contributed by atoms with Crippen molar-refractivity contribution in [1.82, 2.24) is 0 Å². The van der Waals surface area contributed by atoms with Gasteiger partial charge in [0.25, 0.3) is 5.91 Å². The van der Waals surface area contributed by atoms with E-state index in [2.05, 4.69) is 29.2 Å². The van der Waals surface area contributed by atoms with Crippen molar-refractivity contribution in [1.29, 1.82) is 0 Å². The van der Waals surface area contributed by atoms with Gasteiger partial charge in [-0.25, -0.2) is 0 Å². The summed E-state index contributed by atoms with van der Waals surface area (Å²) in [6, 6.07) is 47.7. The number of benzene rings is 5. The van der Waals surface area contributed by atoms with Gasteiger partial charge in [-0.15, -0.1) is 0 Å². The fourth-order valence-corrected chi connectivity index (χ4v) is 4.02. The Bertz CT molecular complexity index is 1260. The van der Waals surface area contributed by atoms with Crippen LogP contribution in [0, 0.1) is 0 Å². The Morgan fingerprint density at radius 1 is 0.382 bits per heavy atom. The lowest BCUT2D eigenvalue weighted by molar-refractivity contribution is 0.0999. The SMILES string of the molecule is O=C(c1ccc(N(c2ccccc2)c2ccccc2)cc1)N(c1ccccc1)c1ccccc1. The number of carbonyl (C=O) groups is 1. The zero-order valence-corrected chi connectivity index (χ0v) is 18.7. The Morgan fingerprint density at radius 2 is 0.706 bits per heavy atom. The molecule has 0 spiro atoms. The number of hydrogen-bond acceptors (Lipinski definition) is 2. The average Bonchev–Trinajstić information content (AvgIpc) is 2.92. The molecular formula is C31H24N2O. The molecule has 5 aromatic carbocycles. The van der Waals surface area contributed by atoms with Gasteiger partial charge in [-0.3, -0.25) is 9.69 Å². The van der Waals surface area contributed by atoms with Crippen LogP contribution in [0.5, 0.6) is 0 Å². The van der Waals surface area contributed by atoms with Crippen molar-refractivity contribution in [3.05, 3.63) is 151 Å². The molecule has 3 heteroatoms. The molecule has 0 fully saturated rings. The fraction of sp³-hybridized carbons (Fsp3) is 0. The Hall–Kier alpha value is -4.63. The van der Waals surface area contributed by atoms with E-state index in [1.165, 1.54) is 0 Å². The maximum atomic E-state index is 13.7. The second kappa shape index (κ2) is 9.88. The Morgan fingerprint density at radius 3 is 1.09 bits per heavy atom. The predicted octanol–water partition coefficient (Wildman–Crippen LogP) is 8.13. The topological polar surface area (TPSA) is 23.6 Å². The molecule has 0 aliphatic carbocycles. The first-order valence-corrected chi connectivity index (χ1v) is 11.3. The summed E-state index contributed by atoms with van der Waals surface area (Å²) in [5, 5.41) is 0. The summed E-state index contributed by atoms with van der Waals surface area (Å²) in [6.07, 6.45) is 0. The summed E-state index contributed by atoms with van der Waals surface area (Å²) >= 11 is 0. The molecule has 0 unspecified atom stereocenters. The number of hydrogen-bond donors (Lipinski definition) is 0. The Labute approximate surface area is 200 Å². The van der Waals surface area contributed by atoms with Crippen molar-refractivity contribution in [2.45, 2.75) is 0 Å². The van der Waals surface area contributed by atoms with Gasteiger partial charge in [-0.2, -0.15) is 0 Å². The predicted molar refractivity (Wildman–Crippen MR) is 140 cm³/mol. The number of carbonyl (C=O) groups excluding carboxylic acids is 1. The number of anilines is 5. The smallest absolute Gasteiger partial charge is 0.262 e. The van der Waals surface area contributed by atoms with E-state index in [4.69, 9.17) is 0 Å². The summed E-state index contributed by atoms with van der Waals surface area (Å²) in [4.78, 5) is 17.6. The highest BCUT2D eigenvalue weighted by molar-refractivity contribution is 6.11. The van der Waals surface area contributed by atoms with Crippen molar-refractivity contribution in [3.8, 4) is 0 Å². The van der Waals surface area contributed by atoms with Crippen LogP contribution in [-0.4, -0.2) is 5.91 Å². The molecule has 164 valence electrons. The van der Waals surface area contributed by atoms with Crippen molar-refractivity contribution in [2.75, 3.05) is 9.80 Å². The Kier molecular flexibility index (Phi) is 6.17. The summed E-state index contributed by atoms with van der Waals surface area (Å²) < 4.78 is 0. The first kappa shape index (κ1) is 21.2. The maximum absolute atomic E-state index is 13.7. The first-order valence-electron chi connectivity index (χ1n) is 11.3. The second-order valence-electron chi connectivity index (χ2n) is 7.87. The minimum atomic E-state index is -0.0741. The molecule has 34 heavy (non-hydrogen) atoms. The van der Waals surface area contributed by atoms with E-state index < -0.39 is 0 Å². The summed E-state index contributed by atoms with van der Waals surface area (Å²) in [5.74, 6) is -0.0741. The molecule has 0 aromatic heterocycles. The minimum Gasteiger partial charge on any atom is -0.311 e. The second-order valence-corrected chi connectivity index (χ2v) is 7.87. The van der Waals surface area contributed by atoms with E-state index in [0.717, 1.165) is 28.4 Å². The number of nitrogens with zero attached hydrogens (tertiary/aromatic N) is 2. The number of amides is 1. The zero-order valence-electron chi connectivity index (χ0n) is 18.7. The van der Waals surface area contributed by atoms with E-state index in [9.17, 15) is 4.79 Å². The van der Waals surface area contributed by atoms with Crippen LogP contribution in [0.3, 0.4) is 0 Å². The summed E-state index contributed by atoms with van der Waals surface area (Å²) in [7, 11) is 0. The van der Waals surface area contributed by atoms with Crippen LogP contribution in [0.15, 0.2) is 146 Å². The van der Waals surface area contributed by atoms with Gasteiger partial charge < -0.3 is 4.90 Å². The lowest BCUT2D eigenvalue weighted by Gasteiger charge is -2.26. The quantitative estimate of drug-likeness (QED) is 0.266. The molecule has 0 N–H and O–H groups in total. The normalized spacial score (nSPS) is 10.5. The van der Waals surface area contributed by atoms with Crippen molar-refractivity contribution in [2.24, 2.45) is 0 Å². The van der Waals surface area contributed by atoms with Crippen LogP contribution in [0.25, 0.3) is 0 Å². The largest absolute Gasteiger partial charge is 0.311 e. The molecular weight excluding hydrogens is 416 g/mol. The van der Waals surface area contributed by atoms with Gasteiger partial charge >= 0.3 is 0 Å². The first-order chi connectivity index (χ1) is 16.8. The molecule has 0 bridgehead atoms. The molecule has 0 radical (unpaired) electrons. The van der Waals surface area contributed by atoms with Crippen LogP contribution in [0.2, 0.25) is 0 Å². The van der Waals surface area contributed by atoms with Gasteiger partial charge in [0.05, 0.1) is 0 Å². The van der Waals surface area contributed by atoms with Crippen LogP contribution in [0.1, 0.15) is 10.4 Å². The molecule has 0 aliphatic rings. The third-order valence-electron chi connectivity index (χ3n) is 5.63. The minimum absolute atomic E-state index is 0.0741. The monoisotopic (exact) mass is 440 g/mol. The van der Waals surface area contributed by atoms with Gasteiger partial charge in [0.1, 0.15) is 0 Å². The third kappa shape index (κ3) is 4.45. The van der Waals surface area contributed by atoms with E-state index in [-0.39, 0.29) is 5.91 Å². The highest BCUT2D eigenvalue weighted by Crippen LogP contribution is 2.35. The molecule has 5 aromatic rings. The van der Waals surface area contributed by atoms with Crippen LogP contribution >= 0.6 is 0 Å². The number of para-hydroxylation sites is 4. The molecule has 0 heterocycles. The van der Waals surface area contributed by atoms with E-state index in [0.29, 0.717) is 5.56 Å². The van der Waals surface area contributed by atoms with Crippen molar-refractivity contribution >= 4 is 34.3 Å². The van der Waals surface area contributed by atoms with Gasteiger partial charge in [-0.05, 0) is 72.8 Å². The molecule has 0 atom stereocenters. The number of rotatable bonds is 6. The maximum Gasteiger partial charge on any atom is 0.262 e. The highest BCUT2D eigenvalue weighted by atomic mass is 16.2. The lowest BCUT2D eigenvalue weighted by atomic mass is 10.1. The van der Waals surface area contributed by atoms with Crippen molar-refractivity contribution in [3.63, 3.8) is 0 Å². The van der Waals surface area contributed by atoms with Crippen LogP contribution in [0.4, 0.5) is 28.4 Å². The van der Waals surface area contributed by atoms with E-state index in [1.54, 1.807) is 4.90 Å². The summed E-state index contributed by atoms with van der Waals surface area (Å²) in [6.45, 7) is 0. The standard InChI is InChI=1S/C31H24N2O/c34-31(33(28-17-9-3-10-18-28)29-19-11-4-12-20-29)25-21-23-30(24-22-25)32(26-13-5-1-6-14-26)27-15-7-2-8-16-27/h1-24H. The lowest BCUT2D eigenvalue weighted by Crippen LogP contribution is -2.25. The molecule has 0 saturated carbocycles.